The monoisotopic (exact) mass is 277 g/mol. The molecule has 0 amide bonds. The smallest absolute Gasteiger partial charge is 0.261 e. The lowest BCUT2D eigenvalue weighted by Crippen LogP contribution is -2.12. The Kier molecular flexibility index (Phi) is 3.76. The third-order valence-corrected chi connectivity index (χ3v) is 4.16. The molecule has 2 N–H and O–H groups in total. The van der Waals surface area contributed by atoms with Gasteiger partial charge >= 0.3 is 0 Å². The van der Waals surface area contributed by atoms with Crippen molar-refractivity contribution in [2.75, 3.05) is 4.72 Å². The SMILES string of the molecule is CCc1ccc(S(=O)(=O)Nc2ccc(O)cc2)cc1. The Bertz CT molecular complexity index is 646. The molecule has 0 aliphatic rings. The number of phenolic OH excluding ortho intramolecular Hbond substituents is 1. The summed E-state index contributed by atoms with van der Waals surface area (Å²) in [5.41, 5.74) is 1.50. The first-order chi connectivity index (χ1) is 9.01. The van der Waals surface area contributed by atoms with Crippen molar-refractivity contribution < 1.29 is 13.5 Å². The maximum atomic E-state index is 12.1. The molecule has 0 saturated heterocycles. The van der Waals surface area contributed by atoms with Crippen LogP contribution in [0.1, 0.15) is 12.5 Å². The molecule has 0 saturated carbocycles. The second kappa shape index (κ2) is 5.32. The number of anilines is 1. The third kappa shape index (κ3) is 3.26. The average molecular weight is 277 g/mol. The number of aryl methyl sites for hydroxylation is 1. The van der Waals surface area contributed by atoms with Crippen LogP contribution in [0.2, 0.25) is 0 Å². The molecule has 0 aliphatic carbocycles. The Hall–Kier alpha value is -2.01. The first kappa shape index (κ1) is 13.4. The van der Waals surface area contributed by atoms with Gasteiger partial charge in [0.2, 0.25) is 0 Å². The van der Waals surface area contributed by atoms with Crippen LogP contribution in [0.3, 0.4) is 0 Å². The topological polar surface area (TPSA) is 66.4 Å². The molecule has 0 spiro atoms. The van der Waals surface area contributed by atoms with Crippen LogP contribution in [0.4, 0.5) is 5.69 Å². The number of phenols is 1. The molecule has 0 aliphatic heterocycles. The summed E-state index contributed by atoms with van der Waals surface area (Å²) in [4.78, 5) is 0.220. The molecule has 0 fully saturated rings. The Labute approximate surface area is 112 Å². The van der Waals surface area contributed by atoms with Gasteiger partial charge in [-0.25, -0.2) is 8.42 Å². The van der Waals surface area contributed by atoms with Gasteiger partial charge in [0.15, 0.2) is 0 Å². The van der Waals surface area contributed by atoms with E-state index >= 15 is 0 Å². The number of benzene rings is 2. The molecular formula is C14H15NO3S. The summed E-state index contributed by atoms with van der Waals surface area (Å²) in [6, 6.07) is 12.6. The van der Waals surface area contributed by atoms with Crippen LogP contribution in [-0.4, -0.2) is 13.5 Å². The fourth-order valence-electron chi connectivity index (χ4n) is 1.65. The van der Waals surface area contributed by atoms with E-state index in [0.717, 1.165) is 12.0 Å². The third-order valence-electron chi connectivity index (χ3n) is 2.76. The van der Waals surface area contributed by atoms with Gasteiger partial charge in [-0.1, -0.05) is 19.1 Å². The minimum atomic E-state index is -3.58. The Morgan fingerprint density at radius 1 is 1.00 bits per heavy atom. The highest BCUT2D eigenvalue weighted by molar-refractivity contribution is 7.92. The van der Waals surface area contributed by atoms with Gasteiger partial charge in [-0.15, -0.1) is 0 Å². The van der Waals surface area contributed by atoms with Crippen molar-refractivity contribution in [1.29, 1.82) is 0 Å². The molecule has 2 aromatic rings. The standard InChI is InChI=1S/C14H15NO3S/c1-2-11-3-9-14(10-4-11)19(17,18)15-12-5-7-13(16)8-6-12/h3-10,15-16H,2H2,1H3. The summed E-state index contributed by atoms with van der Waals surface area (Å²) < 4.78 is 26.7. The number of hydrogen-bond acceptors (Lipinski definition) is 3. The molecule has 19 heavy (non-hydrogen) atoms. The summed E-state index contributed by atoms with van der Waals surface area (Å²) in [5, 5.41) is 9.15. The molecule has 5 heteroatoms. The highest BCUT2D eigenvalue weighted by Crippen LogP contribution is 2.19. The van der Waals surface area contributed by atoms with Gasteiger partial charge in [-0.05, 0) is 48.4 Å². The first-order valence-corrected chi connectivity index (χ1v) is 7.40. The van der Waals surface area contributed by atoms with E-state index in [9.17, 15) is 8.42 Å². The number of hydrogen-bond donors (Lipinski definition) is 2. The zero-order valence-corrected chi connectivity index (χ0v) is 11.3. The Morgan fingerprint density at radius 2 is 1.58 bits per heavy atom. The number of rotatable bonds is 4. The Balaban J connectivity index is 2.24. The molecule has 0 aromatic heterocycles. The summed E-state index contributed by atoms with van der Waals surface area (Å²) in [6.07, 6.45) is 0.867. The number of aromatic hydroxyl groups is 1. The van der Waals surface area contributed by atoms with Crippen molar-refractivity contribution >= 4 is 15.7 Å². The maximum Gasteiger partial charge on any atom is 0.261 e. The molecule has 100 valence electrons. The van der Waals surface area contributed by atoms with Crippen LogP contribution < -0.4 is 4.72 Å². The summed E-state index contributed by atoms with van der Waals surface area (Å²) in [6.45, 7) is 2.01. The van der Waals surface area contributed by atoms with E-state index in [0.29, 0.717) is 5.69 Å². The lowest BCUT2D eigenvalue weighted by molar-refractivity contribution is 0.475. The second-order valence-corrected chi connectivity index (χ2v) is 5.83. The quantitative estimate of drug-likeness (QED) is 0.844. The van der Waals surface area contributed by atoms with Crippen LogP contribution in [0.5, 0.6) is 5.75 Å². The first-order valence-electron chi connectivity index (χ1n) is 5.92. The highest BCUT2D eigenvalue weighted by Gasteiger charge is 2.13. The van der Waals surface area contributed by atoms with E-state index in [1.807, 2.05) is 6.92 Å². The average Bonchev–Trinajstić information content (AvgIpc) is 2.41. The van der Waals surface area contributed by atoms with E-state index in [-0.39, 0.29) is 10.6 Å². The lowest BCUT2D eigenvalue weighted by atomic mass is 10.2. The summed E-state index contributed by atoms with van der Waals surface area (Å²) in [5.74, 6) is 0.0928. The van der Waals surface area contributed by atoms with Gasteiger partial charge in [0.25, 0.3) is 10.0 Å². The van der Waals surface area contributed by atoms with Crippen molar-refractivity contribution in [3.63, 3.8) is 0 Å². The van der Waals surface area contributed by atoms with Crippen LogP contribution in [0.15, 0.2) is 53.4 Å². The highest BCUT2D eigenvalue weighted by atomic mass is 32.2. The van der Waals surface area contributed by atoms with Crippen molar-refractivity contribution in [2.24, 2.45) is 0 Å². The molecule has 0 radical (unpaired) electrons. The predicted molar refractivity (Wildman–Crippen MR) is 74.7 cm³/mol. The van der Waals surface area contributed by atoms with Gasteiger partial charge < -0.3 is 5.11 Å². The molecule has 0 atom stereocenters. The largest absolute Gasteiger partial charge is 0.508 e. The molecule has 0 heterocycles. The normalized spacial score (nSPS) is 11.2. The van der Waals surface area contributed by atoms with Gasteiger partial charge in [0.05, 0.1) is 4.90 Å². The number of nitrogens with one attached hydrogen (secondary N) is 1. The minimum Gasteiger partial charge on any atom is -0.508 e. The summed E-state index contributed by atoms with van der Waals surface area (Å²) >= 11 is 0. The van der Waals surface area contributed by atoms with Crippen molar-refractivity contribution in [3.05, 3.63) is 54.1 Å². The zero-order chi connectivity index (χ0) is 13.9. The fraction of sp³-hybridized carbons (Fsp3) is 0.143. The number of sulfonamides is 1. The van der Waals surface area contributed by atoms with Gasteiger partial charge in [-0.2, -0.15) is 0 Å². The molecule has 2 rings (SSSR count). The van der Waals surface area contributed by atoms with Crippen LogP contribution in [0.25, 0.3) is 0 Å². The van der Waals surface area contributed by atoms with Gasteiger partial charge in [0.1, 0.15) is 5.75 Å². The fourth-order valence-corrected chi connectivity index (χ4v) is 2.71. The minimum absolute atomic E-state index is 0.0928. The van der Waals surface area contributed by atoms with Gasteiger partial charge in [-0.3, -0.25) is 4.72 Å². The van der Waals surface area contributed by atoms with Crippen molar-refractivity contribution in [3.8, 4) is 5.75 Å². The van der Waals surface area contributed by atoms with Crippen molar-refractivity contribution in [1.82, 2.24) is 0 Å². The molecule has 2 aromatic carbocycles. The molecule has 0 bridgehead atoms. The van der Waals surface area contributed by atoms with Crippen LogP contribution in [-0.2, 0) is 16.4 Å². The molecule has 4 nitrogen and oxygen atoms in total. The lowest BCUT2D eigenvalue weighted by Gasteiger charge is -2.08. The summed E-state index contributed by atoms with van der Waals surface area (Å²) in [7, 11) is -3.58. The Morgan fingerprint density at radius 3 is 2.11 bits per heavy atom. The molecule has 0 unspecified atom stereocenters. The van der Waals surface area contributed by atoms with Crippen LogP contribution in [0, 0.1) is 0 Å². The van der Waals surface area contributed by atoms with E-state index in [4.69, 9.17) is 5.11 Å². The van der Waals surface area contributed by atoms with Crippen molar-refractivity contribution in [2.45, 2.75) is 18.2 Å². The van der Waals surface area contributed by atoms with Crippen LogP contribution >= 0.6 is 0 Å². The predicted octanol–water partition coefficient (Wildman–Crippen LogP) is 2.76. The van der Waals surface area contributed by atoms with E-state index in [2.05, 4.69) is 4.72 Å². The van der Waals surface area contributed by atoms with E-state index in [1.54, 1.807) is 24.3 Å². The van der Waals surface area contributed by atoms with E-state index < -0.39 is 10.0 Å². The zero-order valence-electron chi connectivity index (χ0n) is 10.5. The molecular weight excluding hydrogens is 262 g/mol. The van der Waals surface area contributed by atoms with E-state index in [1.165, 1.54) is 24.3 Å². The van der Waals surface area contributed by atoms with Gasteiger partial charge in [0, 0.05) is 5.69 Å². The second-order valence-electron chi connectivity index (χ2n) is 4.15. The maximum absolute atomic E-state index is 12.1.